The van der Waals surface area contributed by atoms with Crippen LogP contribution in [-0.2, 0) is 4.74 Å². The molecule has 2 aromatic rings. The van der Waals surface area contributed by atoms with Gasteiger partial charge in [0, 0.05) is 19.1 Å². The van der Waals surface area contributed by atoms with Gasteiger partial charge in [0.25, 0.3) is 0 Å². The molecule has 1 aliphatic rings. The molecule has 110 valence electrons. The van der Waals surface area contributed by atoms with Crippen molar-refractivity contribution < 1.29 is 4.74 Å². The van der Waals surface area contributed by atoms with Crippen molar-refractivity contribution >= 4 is 16.7 Å². The molecule has 1 fully saturated rings. The molecule has 0 amide bonds. The minimum atomic E-state index is 0.400. The molecule has 0 heterocycles. The minimum Gasteiger partial charge on any atom is -0.383 e. The van der Waals surface area contributed by atoms with E-state index < -0.39 is 0 Å². The van der Waals surface area contributed by atoms with E-state index in [-0.39, 0.29) is 0 Å². The normalized spacial score (nSPS) is 21.5. The maximum atomic E-state index is 5.87. The quantitative estimate of drug-likeness (QED) is 0.502. The zero-order valence-corrected chi connectivity index (χ0v) is 12.3. The summed E-state index contributed by atoms with van der Waals surface area (Å²) in [5.41, 5.74) is 7.24. The van der Waals surface area contributed by atoms with Gasteiger partial charge in [-0.25, -0.2) is 0 Å². The van der Waals surface area contributed by atoms with Gasteiger partial charge >= 0.3 is 0 Å². The standard InChI is InChI=1S/C17H21N3O/c1-21-9-8-19-17(18)20-16-11-15(16)14-7-6-12-4-2-3-5-13(12)10-14/h2-7,10,15-16H,8-9,11H2,1H3,(H3,18,19,20)/t15-,16+/m0/s1. The molecule has 2 aromatic carbocycles. The van der Waals surface area contributed by atoms with Gasteiger partial charge in [-0.1, -0.05) is 42.5 Å². The lowest BCUT2D eigenvalue weighted by Crippen LogP contribution is -2.34. The predicted molar refractivity (Wildman–Crippen MR) is 86.6 cm³/mol. The summed E-state index contributed by atoms with van der Waals surface area (Å²) >= 11 is 0. The number of ether oxygens (including phenoxy) is 1. The number of benzene rings is 2. The van der Waals surface area contributed by atoms with E-state index in [1.54, 1.807) is 7.11 Å². The summed E-state index contributed by atoms with van der Waals surface area (Å²) in [6.45, 7) is 1.20. The molecular formula is C17H21N3O. The smallest absolute Gasteiger partial charge is 0.188 e. The van der Waals surface area contributed by atoms with Gasteiger partial charge in [0.2, 0.25) is 0 Å². The van der Waals surface area contributed by atoms with Crippen molar-refractivity contribution in [2.75, 3.05) is 20.3 Å². The molecule has 3 rings (SSSR count). The topological polar surface area (TPSA) is 59.6 Å². The highest BCUT2D eigenvalue weighted by Gasteiger charge is 2.38. The number of methoxy groups -OCH3 is 1. The molecule has 0 saturated heterocycles. The number of fused-ring (bicyclic) bond motifs is 1. The van der Waals surface area contributed by atoms with Crippen molar-refractivity contribution in [2.24, 2.45) is 10.7 Å². The van der Waals surface area contributed by atoms with Gasteiger partial charge in [-0.05, 0) is 22.8 Å². The molecule has 0 spiro atoms. The number of rotatable bonds is 5. The van der Waals surface area contributed by atoms with Crippen molar-refractivity contribution in [1.29, 1.82) is 0 Å². The Morgan fingerprint density at radius 2 is 2.10 bits per heavy atom. The summed E-state index contributed by atoms with van der Waals surface area (Å²) < 4.78 is 4.95. The Kier molecular flexibility index (Phi) is 4.06. The number of guanidine groups is 1. The Hall–Kier alpha value is -2.07. The molecule has 0 bridgehead atoms. The first kappa shape index (κ1) is 13.9. The van der Waals surface area contributed by atoms with Gasteiger partial charge < -0.3 is 15.8 Å². The van der Waals surface area contributed by atoms with E-state index in [0.29, 0.717) is 31.1 Å². The Morgan fingerprint density at radius 1 is 1.29 bits per heavy atom. The van der Waals surface area contributed by atoms with Crippen LogP contribution in [0, 0.1) is 0 Å². The highest BCUT2D eigenvalue weighted by Crippen LogP contribution is 2.41. The third-order valence-electron chi connectivity index (χ3n) is 3.90. The molecular weight excluding hydrogens is 262 g/mol. The van der Waals surface area contributed by atoms with Crippen molar-refractivity contribution in [3.05, 3.63) is 48.0 Å². The molecule has 3 N–H and O–H groups in total. The summed E-state index contributed by atoms with van der Waals surface area (Å²) in [7, 11) is 1.66. The highest BCUT2D eigenvalue weighted by atomic mass is 16.5. The molecule has 2 atom stereocenters. The van der Waals surface area contributed by atoms with E-state index in [4.69, 9.17) is 10.5 Å². The van der Waals surface area contributed by atoms with Crippen LogP contribution >= 0.6 is 0 Å². The highest BCUT2D eigenvalue weighted by molar-refractivity contribution is 5.83. The number of nitrogens with one attached hydrogen (secondary N) is 1. The second-order valence-electron chi connectivity index (χ2n) is 5.46. The van der Waals surface area contributed by atoms with Crippen LogP contribution in [0.25, 0.3) is 10.8 Å². The maximum Gasteiger partial charge on any atom is 0.188 e. The third-order valence-corrected chi connectivity index (χ3v) is 3.90. The fraction of sp³-hybridized carbons (Fsp3) is 0.353. The Balaban J connectivity index is 1.62. The first-order valence-electron chi connectivity index (χ1n) is 7.32. The monoisotopic (exact) mass is 283 g/mol. The first-order chi connectivity index (χ1) is 10.3. The van der Waals surface area contributed by atoms with E-state index in [9.17, 15) is 0 Å². The summed E-state index contributed by atoms with van der Waals surface area (Å²) in [6, 6.07) is 15.5. The zero-order valence-electron chi connectivity index (χ0n) is 12.3. The molecule has 0 aromatic heterocycles. The average Bonchev–Trinajstić information content (AvgIpc) is 3.26. The van der Waals surface area contributed by atoms with Crippen molar-refractivity contribution in [1.82, 2.24) is 5.32 Å². The van der Waals surface area contributed by atoms with Gasteiger partial charge in [0.05, 0.1) is 13.2 Å². The third kappa shape index (κ3) is 3.34. The van der Waals surface area contributed by atoms with Crippen LogP contribution < -0.4 is 11.1 Å². The zero-order chi connectivity index (χ0) is 14.7. The van der Waals surface area contributed by atoms with Gasteiger partial charge in [0.15, 0.2) is 5.96 Å². The minimum absolute atomic E-state index is 0.400. The summed E-state index contributed by atoms with van der Waals surface area (Å²) in [5, 5.41) is 5.86. The van der Waals surface area contributed by atoms with Gasteiger partial charge in [-0.15, -0.1) is 0 Å². The second-order valence-corrected chi connectivity index (χ2v) is 5.46. The van der Waals surface area contributed by atoms with Gasteiger partial charge in [0.1, 0.15) is 0 Å². The van der Waals surface area contributed by atoms with Crippen molar-refractivity contribution in [3.63, 3.8) is 0 Å². The van der Waals surface area contributed by atoms with E-state index in [1.165, 1.54) is 16.3 Å². The van der Waals surface area contributed by atoms with Crippen molar-refractivity contribution in [3.8, 4) is 0 Å². The number of hydrogen-bond acceptors (Lipinski definition) is 2. The SMILES string of the molecule is COCCN=C(N)N[C@@H]1C[C@H]1c1ccc2ccccc2c1. The predicted octanol–water partition coefficient (Wildman–Crippen LogP) is 2.25. The molecule has 0 aliphatic heterocycles. The molecule has 0 unspecified atom stereocenters. The molecule has 4 nitrogen and oxygen atoms in total. The second kappa shape index (κ2) is 6.14. The van der Waals surface area contributed by atoms with Crippen LogP contribution in [0.2, 0.25) is 0 Å². The number of nitrogens with two attached hydrogens (primary N) is 1. The van der Waals surface area contributed by atoms with Gasteiger partial charge in [-0.2, -0.15) is 0 Å². The number of hydrogen-bond donors (Lipinski definition) is 2. The van der Waals surface area contributed by atoms with Crippen LogP contribution in [0.4, 0.5) is 0 Å². The van der Waals surface area contributed by atoms with Crippen LogP contribution in [0.1, 0.15) is 17.9 Å². The van der Waals surface area contributed by atoms with E-state index >= 15 is 0 Å². The van der Waals surface area contributed by atoms with Crippen LogP contribution in [0.15, 0.2) is 47.5 Å². The Morgan fingerprint density at radius 3 is 2.90 bits per heavy atom. The lowest BCUT2D eigenvalue weighted by atomic mass is 10.0. The van der Waals surface area contributed by atoms with E-state index in [2.05, 4.69) is 52.8 Å². The van der Waals surface area contributed by atoms with Crippen LogP contribution in [0.5, 0.6) is 0 Å². The lowest BCUT2D eigenvalue weighted by molar-refractivity contribution is 0.208. The molecule has 1 saturated carbocycles. The Bertz CT molecular complexity index is 653. The van der Waals surface area contributed by atoms with Crippen molar-refractivity contribution in [2.45, 2.75) is 18.4 Å². The van der Waals surface area contributed by atoms with E-state index in [0.717, 1.165) is 6.42 Å². The maximum absolute atomic E-state index is 5.87. The first-order valence-corrected chi connectivity index (χ1v) is 7.32. The summed E-state index contributed by atoms with van der Waals surface area (Å²) in [6.07, 6.45) is 1.11. The molecule has 21 heavy (non-hydrogen) atoms. The Labute approximate surface area is 125 Å². The average molecular weight is 283 g/mol. The summed E-state index contributed by atoms with van der Waals surface area (Å²) in [4.78, 5) is 4.23. The van der Waals surface area contributed by atoms with Gasteiger partial charge in [-0.3, -0.25) is 4.99 Å². The van der Waals surface area contributed by atoms with Crippen LogP contribution in [0.3, 0.4) is 0 Å². The number of aliphatic imine (C=N–C) groups is 1. The van der Waals surface area contributed by atoms with Crippen LogP contribution in [-0.4, -0.2) is 32.3 Å². The van der Waals surface area contributed by atoms with E-state index in [1.807, 2.05) is 0 Å². The molecule has 1 aliphatic carbocycles. The molecule has 0 radical (unpaired) electrons. The molecule has 4 heteroatoms. The summed E-state index contributed by atoms with van der Waals surface area (Å²) in [5.74, 6) is 1.05. The largest absolute Gasteiger partial charge is 0.383 e. The number of nitrogens with zero attached hydrogens (tertiary/aromatic N) is 1. The lowest BCUT2D eigenvalue weighted by Gasteiger charge is -2.06. The fourth-order valence-corrected chi connectivity index (χ4v) is 2.65. The fourth-order valence-electron chi connectivity index (χ4n) is 2.65.